The third-order valence-electron chi connectivity index (χ3n) is 7.41. The average Bonchev–Trinajstić information content (AvgIpc) is 3.51. The van der Waals surface area contributed by atoms with Crippen LogP contribution in [0.1, 0.15) is 67.5 Å². The van der Waals surface area contributed by atoms with E-state index in [0.717, 1.165) is 25.8 Å². The summed E-state index contributed by atoms with van der Waals surface area (Å²) in [5.41, 5.74) is -0.0171. The smallest absolute Gasteiger partial charge is 0.291 e. The Balaban J connectivity index is 1.30. The Morgan fingerprint density at radius 1 is 1.06 bits per heavy atom. The number of morpholine rings is 1. The van der Waals surface area contributed by atoms with E-state index in [1.54, 1.807) is 18.5 Å². The average molecular weight is 484 g/mol. The minimum Gasteiger partial charge on any atom is -0.423 e. The Hall–Kier alpha value is -2.92. The zero-order valence-electron chi connectivity index (χ0n) is 20.4. The van der Waals surface area contributed by atoms with E-state index in [4.69, 9.17) is 9.15 Å². The van der Waals surface area contributed by atoms with Crippen LogP contribution in [-0.2, 0) is 9.53 Å². The number of piperidine rings is 1. The van der Waals surface area contributed by atoms with Crippen LogP contribution >= 0.6 is 0 Å². The van der Waals surface area contributed by atoms with Gasteiger partial charge in [0.1, 0.15) is 0 Å². The van der Waals surface area contributed by atoms with Crippen molar-refractivity contribution in [3.63, 3.8) is 0 Å². The lowest BCUT2D eigenvalue weighted by Crippen LogP contribution is -2.47. The van der Waals surface area contributed by atoms with Crippen LogP contribution in [0.25, 0.3) is 0 Å². The molecule has 0 aromatic carbocycles. The maximum atomic E-state index is 13.1. The normalized spacial score (nSPS) is 22.8. The van der Waals surface area contributed by atoms with Gasteiger partial charge < -0.3 is 19.0 Å². The number of ether oxygens (including phenoxy) is 1. The third kappa shape index (κ3) is 5.06. The second-order valence-electron chi connectivity index (χ2n) is 10.1. The maximum Gasteiger partial charge on any atom is 0.291 e. The molecule has 1 spiro atoms. The summed E-state index contributed by atoms with van der Waals surface area (Å²) in [4.78, 5) is 40.1. The van der Waals surface area contributed by atoms with E-state index < -0.39 is 0 Å². The second kappa shape index (κ2) is 9.98. The Bertz CT molecular complexity index is 1030. The number of amides is 2. The van der Waals surface area contributed by atoms with Gasteiger partial charge in [0.05, 0.1) is 25.8 Å². The summed E-state index contributed by atoms with van der Waals surface area (Å²) in [7, 11) is 0. The fraction of sp³-hybridized carbons (Fsp3) is 0.667. The number of carbonyl (C=O) groups is 2. The van der Waals surface area contributed by atoms with Crippen molar-refractivity contribution < 1.29 is 18.7 Å². The number of aromatic nitrogens is 4. The molecule has 35 heavy (non-hydrogen) atoms. The van der Waals surface area contributed by atoms with Crippen molar-refractivity contribution in [2.45, 2.75) is 45.1 Å². The lowest BCUT2D eigenvalue weighted by Gasteiger charge is -2.39. The van der Waals surface area contributed by atoms with Crippen LogP contribution in [0.4, 0.5) is 0 Å². The molecule has 5 heterocycles. The van der Waals surface area contributed by atoms with Crippen LogP contribution in [0.2, 0.25) is 0 Å². The van der Waals surface area contributed by atoms with Crippen molar-refractivity contribution in [3.8, 4) is 0 Å². The van der Waals surface area contributed by atoms with Gasteiger partial charge in [0.15, 0.2) is 0 Å². The predicted octanol–water partition coefficient (Wildman–Crippen LogP) is 1.51. The predicted molar refractivity (Wildman–Crippen MR) is 124 cm³/mol. The highest BCUT2D eigenvalue weighted by Gasteiger charge is 2.49. The minimum atomic E-state index is -0.132. The first kappa shape index (κ1) is 23.8. The van der Waals surface area contributed by atoms with Gasteiger partial charge in [-0.25, -0.2) is 9.97 Å². The summed E-state index contributed by atoms with van der Waals surface area (Å²) in [5, 5.41) is 8.61. The van der Waals surface area contributed by atoms with Crippen LogP contribution < -0.4 is 0 Å². The van der Waals surface area contributed by atoms with Crippen molar-refractivity contribution in [1.29, 1.82) is 0 Å². The fourth-order valence-corrected chi connectivity index (χ4v) is 5.35. The number of hydrogen-bond donors (Lipinski definition) is 0. The minimum absolute atomic E-state index is 0.0171. The van der Waals surface area contributed by atoms with Crippen LogP contribution in [0.15, 0.2) is 22.9 Å². The summed E-state index contributed by atoms with van der Waals surface area (Å²) in [5.74, 6) is 1.54. The van der Waals surface area contributed by atoms with Gasteiger partial charge in [-0.3, -0.25) is 14.5 Å². The molecule has 5 rings (SSSR count). The molecule has 3 fully saturated rings. The number of likely N-dealkylation sites (tertiary alicyclic amines) is 2. The maximum absolute atomic E-state index is 13.1. The summed E-state index contributed by atoms with van der Waals surface area (Å²) >= 11 is 0. The molecule has 0 aliphatic carbocycles. The van der Waals surface area contributed by atoms with Crippen molar-refractivity contribution >= 4 is 11.8 Å². The van der Waals surface area contributed by atoms with E-state index in [9.17, 15) is 9.59 Å². The molecule has 188 valence electrons. The molecule has 0 bridgehead atoms. The molecule has 2 amide bonds. The lowest BCUT2D eigenvalue weighted by atomic mass is 9.76. The molecule has 0 radical (unpaired) electrons. The van der Waals surface area contributed by atoms with Gasteiger partial charge in [-0.05, 0) is 30.7 Å². The topological polar surface area (TPSA) is 118 Å². The van der Waals surface area contributed by atoms with Gasteiger partial charge in [-0.2, -0.15) is 0 Å². The molecule has 3 saturated heterocycles. The van der Waals surface area contributed by atoms with E-state index >= 15 is 0 Å². The molecule has 1 atom stereocenters. The van der Waals surface area contributed by atoms with Gasteiger partial charge >= 0.3 is 0 Å². The zero-order valence-corrected chi connectivity index (χ0v) is 20.4. The molecule has 2 aromatic heterocycles. The Labute approximate surface area is 204 Å². The molecule has 0 saturated carbocycles. The van der Waals surface area contributed by atoms with Gasteiger partial charge in [0.25, 0.3) is 5.91 Å². The Morgan fingerprint density at radius 2 is 1.77 bits per heavy atom. The largest absolute Gasteiger partial charge is 0.423 e. The molecular weight excluding hydrogens is 450 g/mol. The molecule has 2 aromatic rings. The molecule has 3 aliphatic rings. The highest BCUT2D eigenvalue weighted by molar-refractivity contribution is 5.90. The van der Waals surface area contributed by atoms with Crippen molar-refractivity contribution in [2.75, 3.05) is 52.5 Å². The van der Waals surface area contributed by atoms with Crippen LogP contribution in [0.5, 0.6) is 0 Å². The van der Waals surface area contributed by atoms with Gasteiger partial charge in [-0.1, -0.05) is 13.8 Å². The Kier molecular flexibility index (Phi) is 6.79. The van der Waals surface area contributed by atoms with E-state index in [0.29, 0.717) is 57.7 Å². The number of rotatable bonds is 5. The highest BCUT2D eigenvalue weighted by Crippen LogP contribution is 2.49. The third-order valence-corrected chi connectivity index (χ3v) is 7.41. The number of carbonyl (C=O) groups excluding carboxylic acids is 2. The molecule has 11 heteroatoms. The molecule has 0 N–H and O–H groups in total. The summed E-state index contributed by atoms with van der Waals surface area (Å²) in [6.07, 6.45) is 5.69. The van der Waals surface area contributed by atoms with E-state index in [1.807, 2.05) is 23.6 Å². The van der Waals surface area contributed by atoms with Gasteiger partial charge in [-0.15, -0.1) is 10.2 Å². The van der Waals surface area contributed by atoms with Crippen LogP contribution in [0.3, 0.4) is 0 Å². The van der Waals surface area contributed by atoms with E-state index in [1.165, 1.54) is 0 Å². The first-order chi connectivity index (χ1) is 16.9. The zero-order chi connectivity index (χ0) is 24.4. The first-order valence-corrected chi connectivity index (χ1v) is 12.4. The van der Waals surface area contributed by atoms with Gasteiger partial charge in [0, 0.05) is 51.0 Å². The summed E-state index contributed by atoms with van der Waals surface area (Å²) < 4.78 is 11.5. The summed E-state index contributed by atoms with van der Waals surface area (Å²) in [6, 6.07) is 1.59. The Morgan fingerprint density at radius 3 is 2.43 bits per heavy atom. The van der Waals surface area contributed by atoms with Crippen molar-refractivity contribution in [1.82, 2.24) is 34.9 Å². The fourth-order valence-electron chi connectivity index (χ4n) is 5.35. The lowest BCUT2D eigenvalue weighted by molar-refractivity contribution is -0.136. The standard InChI is InChI=1S/C24H33N7O4/c1-17(2)21-27-28-22(35-21)18-14-24(16-31(18)15-19(32)29-10-12-34-13-11-29)4-8-30(9-5-24)23(33)20-25-6-3-7-26-20/h3,6-7,17-18H,4-5,8-16H2,1-2H3. The first-order valence-electron chi connectivity index (χ1n) is 12.4. The number of nitrogens with zero attached hydrogens (tertiary/aromatic N) is 7. The van der Waals surface area contributed by atoms with Crippen LogP contribution in [0, 0.1) is 5.41 Å². The van der Waals surface area contributed by atoms with Crippen molar-refractivity contribution in [2.24, 2.45) is 5.41 Å². The van der Waals surface area contributed by atoms with E-state index in [-0.39, 0.29) is 35.0 Å². The van der Waals surface area contributed by atoms with Crippen LogP contribution in [-0.4, -0.2) is 99.2 Å². The second-order valence-corrected chi connectivity index (χ2v) is 10.1. The highest BCUT2D eigenvalue weighted by atomic mass is 16.5. The molecule has 3 aliphatic heterocycles. The SMILES string of the molecule is CC(C)c1nnc(C2CC3(CCN(C(=O)c4ncccn4)CC3)CN2CC(=O)N2CCOCC2)o1. The van der Waals surface area contributed by atoms with Gasteiger partial charge in [0.2, 0.25) is 23.5 Å². The molecule has 11 nitrogen and oxygen atoms in total. The molecular formula is C24H33N7O4. The van der Waals surface area contributed by atoms with Crippen molar-refractivity contribution in [3.05, 3.63) is 36.1 Å². The molecule has 1 unspecified atom stereocenters. The summed E-state index contributed by atoms with van der Waals surface area (Å²) in [6.45, 7) is 8.80. The monoisotopic (exact) mass is 483 g/mol. The quantitative estimate of drug-likeness (QED) is 0.623. The number of hydrogen-bond acceptors (Lipinski definition) is 9. The van der Waals surface area contributed by atoms with E-state index in [2.05, 4.69) is 25.1 Å².